The second-order valence-electron chi connectivity index (χ2n) is 7.67. The predicted octanol–water partition coefficient (Wildman–Crippen LogP) is 2.82. The Hall–Kier alpha value is -3.88. The maximum absolute atomic E-state index is 11.5. The summed E-state index contributed by atoms with van der Waals surface area (Å²) in [4.78, 5) is 22.3. The minimum Gasteiger partial charge on any atom is -0.497 e. The fraction of sp³-hybridized carbons (Fsp3) is 0.273. The molecule has 0 bridgehead atoms. The molecule has 158 valence electrons. The largest absolute Gasteiger partial charge is 0.497 e. The molecule has 0 saturated carbocycles. The van der Waals surface area contributed by atoms with Crippen LogP contribution in [0.5, 0.6) is 5.75 Å². The number of oxazole rings is 1. The molecule has 1 aliphatic heterocycles. The highest BCUT2D eigenvalue weighted by atomic mass is 16.5. The van der Waals surface area contributed by atoms with Gasteiger partial charge in [0.2, 0.25) is 11.8 Å². The summed E-state index contributed by atoms with van der Waals surface area (Å²) in [6.07, 6.45) is 6.01. The summed E-state index contributed by atoms with van der Waals surface area (Å²) >= 11 is 0. The molecule has 31 heavy (non-hydrogen) atoms. The van der Waals surface area contributed by atoms with Crippen molar-refractivity contribution < 1.29 is 13.9 Å². The van der Waals surface area contributed by atoms with Crippen molar-refractivity contribution in [3.8, 4) is 34.3 Å². The van der Waals surface area contributed by atoms with E-state index in [0.29, 0.717) is 30.2 Å². The summed E-state index contributed by atoms with van der Waals surface area (Å²) < 4.78 is 15.1. The molecule has 0 atom stereocenters. The zero-order valence-corrected chi connectivity index (χ0v) is 17.8. The highest BCUT2D eigenvalue weighted by Crippen LogP contribution is 2.38. The molecule has 9 heteroatoms. The molecule has 9 nitrogen and oxygen atoms in total. The van der Waals surface area contributed by atoms with E-state index in [1.807, 2.05) is 36.1 Å². The van der Waals surface area contributed by atoms with Gasteiger partial charge in [0.05, 0.1) is 36.4 Å². The van der Waals surface area contributed by atoms with Gasteiger partial charge in [-0.15, -0.1) is 0 Å². The summed E-state index contributed by atoms with van der Waals surface area (Å²) in [5, 5.41) is 4.70. The van der Waals surface area contributed by atoms with E-state index in [4.69, 9.17) is 14.3 Å². The Balaban J connectivity index is 1.62. The summed E-state index contributed by atoms with van der Waals surface area (Å²) in [5.41, 5.74) is 6.27. The van der Waals surface area contributed by atoms with Crippen molar-refractivity contribution in [1.29, 1.82) is 0 Å². The Kier molecular flexibility index (Phi) is 4.39. The van der Waals surface area contributed by atoms with Crippen LogP contribution >= 0.6 is 0 Å². The summed E-state index contributed by atoms with van der Waals surface area (Å²) in [7, 11) is 5.30. The van der Waals surface area contributed by atoms with Gasteiger partial charge in [-0.05, 0) is 18.2 Å². The van der Waals surface area contributed by atoms with Gasteiger partial charge in [-0.1, -0.05) is 0 Å². The summed E-state index contributed by atoms with van der Waals surface area (Å²) in [6.45, 7) is 1.90. The number of rotatable bonds is 4. The Morgan fingerprint density at radius 2 is 2.16 bits per heavy atom. The normalized spacial score (nSPS) is 12.0. The van der Waals surface area contributed by atoms with Crippen molar-refractivity contribution in [2.45, 2.75) is 19.9 Å². The number of fused-ring (bicyclic) bond motifs is 5. The van der Waals surface area contributed by atoms with E-state index in [1.165, 1.54) is 6.92 Å². The van der Waals surface area contributed by atoms with Gasteiger partial charge in [-0.25, -0.2) is 9.97 Å². The maximum Gasteiger partial charge on any atom is 0.247 e. The average molecular weight is 418 g/mol. The van der Waals surface area contributed by atoms with E-state index in [2.05, 4.69) is 14.5 Å². The van der Waals surface area contributed by atoms with Crippen molar-refractivity contribution in [3.63, 3.8) is 0 Å². The van der Waals surface area contributed by atoms with Crippen LogP contribution in [0.3, 0.4) is 0 Å². The van der Waals surface area contributed by atoms with E-state index in [9.17, 15) is 4.79 Å². The highest BCUT2D eigenvalue weighted by molar-refractivity contribution is 5.77. The SMILES string of the molecule is COc1ccc2c(c1)-c1nn(C)cc1Cc1c(-c3nc(CN(C)C(C)=O)co3)ncn1-2. The van der Waals surface area contributed by atoms with E-state index in [1.54, 1.807) is 31.6 Å². The number of methoxy groups -OCH3 is 1. The second-order valence-corrected chi connectivity index (χ2v) is 7.67. The second kappa shape index (κ2) is 7.12. The Morgan fingerprint density at radius 3 is 2.94 bits per heavy atom. The molecule has 0 N–H and O–H groups in total. The third-order valence-electron chi connectivity index (χ3n) is 5.54. The Morgan fingerprint density at radius 1 is 1.32 bits per heavy atom. The number of nitrogens with zero attached hydrogens (tertiary/aromatic N) is 6. The topological polar surface area (TPSA) is 91.2 Å². The standard InChI is InChI=1S/C22H22N6O3/c1-13(29)26(2)10-15-11-31-22(24-15)21-19-7-14-9-27(3)25-20(14)17-8-16(30-4)5-6-18(17)28(19)12-23-21/h5-6,8-9,11-12H,7,10H2,1-4H3. The van der Waals surface area contributed by atoms with Gasteiger partial charge in [-0.2, -0.15) is 5.10 Å². The minimum atomic E-state index is -0.0310. The fourth-order valence-electron chi connectivity index (χ4n) is 3.89. The van der Waals surface area contributed by atoms with Crippen LogP contribution in [-0.4, -0.2) is 49.3 Å². The number of carbonyl (C=O) groups excluding carboxylic acids is 1. The first kappa shape index (κ1) is 19.1. The third kappa shape index (κ3) is 3.18. The number of ether oxygens (including phenoxy) is 1. The molecule has 1 aliphatic rings. The van der Waals surface area contributed by atoms with E-state index in [-0.39, 0.29) is 5.91 Å². The van der Waals surface area contributed by atoms with Gasteiger partial charge in [-0.3, -0.25) is 9.48 Å². The number of benzene rings is 1. The van der Waals surface area contributed by atoms with Crippen LogP contribution in [0.25, 0.3) is 28.5 Å². The van der Waals surface area contributed by atoms with E-state index >= 15 is 0 Å². The zero-order chi connectivity index (χ0) is 21.7. The van der Waals surface area contributed by atoms with E-state index < -0.39 is 0 Å². The Bertz CT molecular complexity index is 1300. The monoisotopic (exact) mass is 418 g/mol. The number of aromatic nitrogens is 5. The van der Waals surface area contributed by atoms with Crippen LogP contribution in [0.15, 0.2) is 41.4 Å². The van der Waals surface area contributed by atoms with E-state index in [0.717, 1.165) is 34.0 Å². The lowest BCUT2D eigenvalue weighted by Gasteiger charge is -2.11. The summed E-state index contributed by atoms with van der Waals surface area (Å²) in [6, 6.07) is 5.93. The number of hydrogen-bond donors (Lipinski definition) is 0. The molecular formula is C22H22N6O3. The van der Waals surface area contributed by atoms with Crippen LogP contribution in [0.2, 0.25) is 0 Å². The lowest BCUT2D eigenvalue weighted by Crippen LogP contribution is -2.23. The van der Waals surface area contributed by atoms with Crippen molar-refractivity contribution in [1.82, 2.24) is 29.2 Å². The van der Waals surface area contributed by atoms with Crippen LogP contribution in [0, 0.1) is 0 Å². The van der Waals surface area contributed by atoms with Crippen LogP contribution in [0.4, 0.5) is 0 Å². The molecule has 0 radical (unpaired) electrons. The fourth-order valence-corrected chi connectivity index (χ4v) is 3.89. The Labute approximate surface area is 178 Å². The van der Waals surface area contributed by atoms with Gasteiger partial charge in [0, 0.05) is 44.8 Å². The first-order chi connectivity index (χ1) is 14.9. The average Bonchev–Trinajstić information content (AvgIpc) is 3.45. The molecule has 0 unspecified atom stereocenters. The molecule has 0 spiro atoms. The first-order valence-electron chi connectivity index (χ1n) is 9.88. The summed E-state index contributed by atoms with van der Waals surface area (Å²) in [5.74, 6) is 1.17. The third-order valence-corrected chi connectivity index (χ3v) is 5.54. The van der Waals surface area contributed by atoms with Crippen molar-refractivity contribution in [3.05, 3.63) is 53.9 Å². The van der Waals surface area contributed by atoms with Crippen molar-refractivity contribution in [2.75, 3.05) is 14.2 Å². The van der Waals surface area contributed by atoms with Crippen LogP contribution in [0.1, 0.15) is 23.9 Å². The first-order valence-corrected chi connectivity index (χ1v) is 9.88. The van der Waals surface area contributed by atoms with Gasteiger partial charge in [0.15, 0.2) is 0 Å². The highest BCUT2D eigenvalue weighted by Gasteiger charge is 2.27. The predicted molar refractivity (Wildman–Crippen MR) is 113 cm³/mol. The van der Waals surface area contributed by atoms with Gasteiger partial charge in [0.1, 0.15) is 24.0 Å². The molecule has 0 saturated heterocycles. The molecule has 3 aromatic heterocycles. The van der Waals surface area contributed by atoms with Gasteiger partial charge >= 0.3 is 0 Å². The molecule has 1 aromatic carbocycles. The smallest absolute Gasteiger partial charge is 0.247 e. The van der Waals surface area contributed by atoms with Gasteiger partial charge in [0.25, 0.3) is 0 Å². The lowest BCUT2D eigenvalue weighted by molar-refractivity contribution is -0.128. The molecular weight excluding hydrogens is 396 g/mol. The van der Waals surface area contributed by atoms with Crippen molar-refractivity contribution in [2.24, 2.45) is 7.05 Å². The quantitative estimate of drug-likeness (QED) is 0.446. The van der Waals surface area contributed by atoms with Crippen LogP contribution < -0.4 is 4.74 Å². The molecule has 5 rings (SSSR count). The molecule has 1 amide bonds. The number of carbonyl (C=O) groups is 1. The van der Waals surface area contributed by atoms with Crippen molar-refractivity contribution >= 4 is 5.91 Å². The number of aryl methyl sites for hydroxylation is 1. The maximum atomic E-state index is 11.5. The lowest BCUT2D eigenvalue weighted by atomic mass is 10.0. The molecule has 0 fully saturated rings. The number of hydrogen-bond acceptors (Lipinski definition) is 6. The minimum absolute atomic E-state index is 0.0310. The molecule has 0 aliphatic carbocycles. The number of amides is 1. The van der Waals surface area contributed by atoms with Gasteiger partial charge < -0.3 is 18.6 Å². The van der Waals surface area contributed by atoms with Crippen LogP contribution in [-0.2, 0) is 24.8 Å². The molecule has 4 heterocycles. The zero-order valence-electron chi connectivity index (χ0n) is 17.8. The number of imidazole rings is 1. The molecule has 4 aromatic rings.